The average molecular weight is 240 g/mol. The lowest BCUT2D eigenvalue weighted by Crippen LogP contribution is -2.29. The number of aliphatic hydroxyl groups excluding tert-OH is 1. The van der Waals surface area contributed by atoms with Gasteiger partial charge in [-0.25, -0.2) is 0 Å². The van der Waals surface area contributed by atoms with Crippen molar-refractivity contribution in [2.45, 2.75) is 19.4 Å². The number of aliphatic hydroxyl groups is 1. The minimum absolute atomic E-state index is 0.0801. The molecule has 1 amide bonds. The number of nitrogens with one attached hydrogen (secondary N) is 1. The second kappa shape index (κ2) is 7.09. The number of hydrogen-bond donors (Lipinski definition) is 2. The Labute approximate surface area is 101 Å². The van der Waals surface area contributed by atoms with Crippen molar-refractivity contribution in [3.8, 4) is 0 Å². The number of hydrogen-bond acceptors (Lipinski definition) is 3. The zero-order valence-electron chi connectivity index (χ0n) is 10.3. The molecule has 1 aromatic rings. The molecule has 0 aliphatic heterocycles. The minimum Gasteiger partial charge on any atom is -0.387 e. The van der Waals surface area contributed by atoms with Crippen LogP contribution in [0.2, 0.25) is 0 Å². The molecule has 1 rings (SSSR count). The molecule has 1 aromatic heterocycles. The molecule has 5 heteroatoms. The van der Waals surface area contributed by atoms with Crippen molar-refractivity contribution in [2.75, 3.05) is 19.8 Å². The predicted octanol–water partition coefficient (Wildman–Crippen LogP) is 0.601. The van der Waals surface area contributed by atoms with E-state index in [1.54, 1.807) is 0 Å². The van der Waals surface area contributed by atoms with Gasteiger partial charge in [0.05, 0.1) is 6.10 Å². The van der Waals surface area contributed by atoms with E-state index in [9.17, 15) is 9.90 Å². The molecule has 1 atom stereocenters. The standard InChI is InChI=1S/C12H20N2O3/c1-3-17-9-12(16)13-7-6-11(15)10-5-4-8-14(10)2/h4-5,8,11,15H,3,6-7,9H2,1-2H3,(H,13,16). The van der Waals surface area contributed by atoms with E-state index in [1.807, 2.05) is 36.9 Å². The van der Waals surface area contributed by atoms with E-state index in [0.717, 1.165) is 5.69 Å². The first kappa shape index (κ1) is 13.7. The molecule has 0 radical (unpaired) electrons. The molecule has 2 N–H and O–H groups in total. The fourth-order valence-electron chi connectivity index (χ4n) is 1.56. The quantitative estimate of drug-likeness (QED) is 0.733. The summed E-state index contributed by atoms with van der Waals surface area (Å²) in [5, 5.41) is 12.6. The number of carbonyl (C=O) groups is 1. The predicted molar refractivity (Wildman–Crippen MR) is 64.5 cm³/mol. The summed E-state index contributed by atoms with van der Waals surface area (Å²) in [6.45, 7) is 2.89. The smallest absolute Gasteiger partial charge is 0.245 e. The molecule has 0 saturated heterocycles. The highest BCUT2D eigenvalue weighted by Crippen LogP contribution is 2.15. The molecule has 5 nitrogen and oxygen atoms in total. The molecule has 1 unspecified atom stereocenters. The normalized spacial score (nSPS) is 12.4. The summed E-state index contributed by atoms with van der Waals surface area (Å²) < 4.78 is 6.83. The van der Waals surface area contributed by atoms with Crippen LogP contribution < -0.4 is 5.32 Å². The lowest BCUT2D eigenvalue weighted by molar-refractivity contribution is -0.125. The molecule has 0 fully saturated rings. The van der Waals surface area contributed by atoms with Gasteiger partial charge in [0, 0.05) is 32.1 Å². The van der Waals surface area contributed by atoms with Crippen molar-refractivity contribution in [3.63, 3.8) is 0 Å². The van der Waals surface area contributed by atoms with E-state index in [-0.39, 0.29) is 12.5 Å². The first-order valence-corrected chi connectivity index (χ1v) is 5.79. The van der Waals surface area contributed by atoms with Crippen molar-refractivity contribution in [1.82, 2.24) is 9.88 Å². The van der Waals surface area contributed by atoms with Gasteiger partial charge in [-0.15, -0.1) is 0 Å². The molecule has 0 saturated carbocycles. The zero-order valence-corrected chi connectivity index (χ0v) is 10.3. The van der Waals surface area contributed by atoms with Gasteiger partial charge in [0.25, 0.3) is 0 Å². The highest BCUT2D eigenvalue weighted by atomic mass is 16.5. The third kappa shape index (κ3) is 4.58. The van der Waals surface area contributed by atoms with Crippen molar-refractivity contribution >= 4 is 5.91 Å². The van der Waals surface area contributed by atoms with Crippen LogP contribution in [0.5, 0.6) is 0 Å². The highest BCUT2D eigenvalue weighted by molar-refractivity contribution is 5.77. The van der Waals surface area contributed by atoms with Crippen LogP contribution in [-0.4, -0.2) is 35.3 Å². The molecule has 0 aliphatic carbocycles. The second-order valence-corrected chi connectivity index (χ2v) is 3.84. The summed E-state index contributed by atoms with van der Waals surface area (Å²) in [6.07, 6.45) is 1.82. The number of rotatable bonds is 7. The van der Waals surface area contributed by atoms with Gasteiger partial charge in [-0.2, -0.15) is 0 Å². The molecular weight excluding hydrogens is 220 g/mol. The van der Waals surface area contributed by atoms with E-state index in [1.165, 1.54) is 0 Å². The van der Waals surface area contributed by atoms with Crippen LogP contribution >= 0.6 is 0 Å². The Morgan fingerprint density at radius 1 is 1.65 bits per heavy atom. The summed E-state index contributed by atoms with van der Waals surface area (Å²) >= 11 is 0. The van der Waals surface area contributed by atoms with Gasteiger partial charge in [0.1, 0.15) is 6.61 Å². The van der Waals surface area contributed by atoms with Crippen molar-refractivity contribution in [1.29, 1.82) is 0 Å². The van der Waals surface area contributed by atoms with Gasteiger partial charge >= 0.3 is 0 Å². The van der Waals surface area contributed by atoms with Crippen LogP contribution in [0.25, 0.3) is 0 Å². The van der Waals surface area contributed by atoms with E-state index in [2.05, 4.69) is 5.32 Å². The number of carbonyl (C=O) groups excluding carboxylic acids is 1. The summed E-state index contributed by atoms with van der Waals surface area (Å²) in [5.74, 6) is -0.147. The molecule has 0 aromatic carbocycles. The number of aromatic nitrogens is 1. The molecule has 96 valence electrons. The molecular formula is C12H20N2O3. The van der Waals surface area contributed by atoms with E-state index in [4.69, 9.17) is 4.74 Å². The Morgan fingerprint density at radius 3 is 3.00 bits per heavy atom. The fourth-order valence-corrected chi connectivity index (χ4v) is 1.56. The summed E-state index contributed by atoms with van der Waals surface area (Å²) in [4.78, 5) is 11.2. The van der Waals surface area contributed by atoms with Gasteiger partial charge in [-0.1, -0.05) is 0 Å². The third-order valence-corrected chi connectivity index (χ3v) is 2.50. The number of ether oxygens (including phenoxy) is 1. The van der Waals surface area contributed by atoms with Gasteiger partial charge < -0.3 is 19.7 Å². The van der Waals surface area contributed by atoms with Crippen LogP contribution in [0, 0.1) is 0 Å². The molecule has 1 heterocycles. The maximum atomic E-state index is 11.2. The van der Waals surface area contributed by atoms with Gasteiger partial charge in [-0.3, -0.25) is 4.79 Å². The van der Waals surface area contributed by atoms with Gasteiger partial charge in [0.15, 0.2) is 0 Å². The zero-order chi connectivity index (χ0) is 12.7. The summed E-state index contributed by atoms with van der Waals surface area (Å²) in [7, 11) is 1.88. The maximum Gasteiger partial charge on any atom is 0.245 e. The average Bonchev–Trinajstić information content (AvgIpc) is 2.72. The van der Waals surface area contributed by atoms with Crippen LogP contribution in [0.1, 0.15) is 25.1 Å². The first-order chi connectivity index (χ1) is 8.15. The Kier molecular flexibility index (Phi) is 5.72. The Hall–Kier alpha value is -1.33. The minimum atomic E-state index is -0.553. The van der Waals surface area contributed by atoms with Crippen LogP contribution in [0.4, 0.5) is 0 Å². The lowest BCUT2D eigenvalue weighted by Gasteiger charge is -2.12. The van der Waals surface area contributed by atoms with Crippen LogP contribution in [-0.2, 0) is 16.6 Å². The second-order valence-electron chi connectivity index (χ2n) is 3.84. The topological polar surface area (TPSA) is 63.5 Å². The van der Waals surface area contributed by atoms with Crippen molar-refractivity contribution in [2.24, 2.45) is 7.05 Å². The first-order valence-electron chi connectivity index (χ1n) is 5.79. The highest BCUT2D eigenvalue weighted by Gasteiger charge is 2.10. The number of amides is 1. The Balaban J connectivity index is 2.23. The molecule has 0 aliphatic rings. The molecule has 0 spiro atoms. The van der Waals surface area contributed by atoms with E-state index < -0.39 is 6.10 Å². The van der Waals surface area contributed by atoms with Gasteiger partial charge in [-0.05, 0) is 25.5 Å². The molecule has 17 heavy (non-hydrogen) atoms. The summed E-state index contributed by atoms with van der Waals surface area (Å²) in [6, 6.07) is 3.75. The SMILES string of the molecule is CCOCC(=O)NCCC(O)c1cccn1C. The number of aryl methyl sites for hydroxylation is 1. The van der Waals surface area contributed by atoms with Crippen LogP contribution in [0.15, 0.2) is 18.3 Å². The lowest BCUT2D eigenvalue weighted by atomic mass is 10.2. The summed E-state index contributed by atoms with van der Waals surface area (Å²) in [5.41, 5.74) is 0.851. The molecule has 0 bridgehead atoms. The van der Waals surface area contributed by atoms with Crippen molar-refractivity contribution < 1.29 is 14.6 Å². The van der Waals surface area contributed by atoms with Crippen LogP contribution in [0.3, 0.4) is 0 Å². The largest absolute Gasteiger partial charge is 0.387 e. The monoisotopic (exact) mass is 240 g/mol. The van der Waals surface area contributed by atoms with Gasteiger partial charge in [0.2, 0.25) is 5.91 Å². The van der Waals surface area contributed by atoms with Crippen molar-refractivity contribution in [3.05, 3.63) is 24.0 Å². The third-order valence-electron chi connectivity index (χ3n) is 2.50. The maximum absolute atomic E-state index is 11.2. The number of nitrogens with zero attached hydrogens (tertiary/aromatic N) is 1. The fraction of sp³-hybridized carbons (Fsp3) is 0.583. The van der Waals surface area contributed by atoms with E-state index in [0.29, 0.717) is 19.6 Å². The Morgan fingerprint density at radius 2 is 2.41 bits per heavy atom. The van der Waals surface area contributed by atoms with E-state index >= 15 is 0 Å². The Bertz CT molecular complexity index is 349.